The van der Waals surface area contributed by atoms with Crippen molar-refractivity contribution in [3.63, 3.8) is 0 Å². The van der Waals surface area contributed by atoms with Gasteiger partial charge in [0.05, 0.1) is 11.7 Å². The molecule has 0 aromatic rings. The van der Waals surface area contributed by atoms with Gasteiger partial charge in [0.25, 0.3) is 0 Å². The summed E-state index contributed by atoms with van der Waals surface area (Å²) in [5.41, 5.74) is -0.196. The lowest BCUT2D eigenvalue weighted by Crippen LogP contribution is -2.44. The van der Waals surface area contributed by atoms with Gasteiger partial charge in [0.2, 0.25) is 5.91 Å². The zero-order valence-electron chi connectivity index (χ0n) is 13.0. The average Bonchev–Trinajstić information content (AvgIpc) is 3.13. The third kappa shape index (κ3) is 2.60. The number of likely N-dealkylation sites (N-methyl/N-ethyl adjacent to an activating group) is 1. The molecule has 1 heterocycles. The van der Waals surface area contributed by atoms with E-state index in [0.717, 1.165) is 44.8 Å². The van der Waals surface area contributed by atoms with E-state index in [-0.39, 0.29) is 11.7 Å². The maximum Gasteiger partial charge on any atom is 0.244 e. The summed E-state index contributed by atoms with van der Waals surface area (Å²) in [6.07, 6.45) is 9.66. The van der Waals surface area contributed by atoms with Crippen molar-refractivity contribution in [3.05, 3.63) is 0 Å². The van der Waals surface area contributed by atoms with Crippen molar-refractivity contribution in [3.8, 4) is 0 Å². The molecule has 1 unspecified atom stereocenters. The molecule has 0 aromatic carbocycles. The predicted molar refractivity (Wildman–Crippen MR) is 80.4 cm³/mol. The first-order valence-corrected chi connectivity index (χ1v) is 8.45. The van der Waals surface area contributed by atoms with Crippen LogP contribution in [0.3, 0.4) is 0 Å². The lowest BCUT2D eigenvalue weighted by atomic mass is 9.98. The summed E-state index contributed by atoms with van der Waals surface area (Å²) in [6, 6.07) is 0.783. The quantitative estimate of drug-likeness (QED) is 0.807. The van der Waals surface area contributed by atoms with Gasteiger partial charge in [-0.1, -0.05) is 26.2 Å². The van der Waals surface area contributed by atoms with Crippen molar-refractivity contribution in [1.29, 1.82) is 0 Å². The highest BCUT2D eigenvalue weighted by Crippen LogP contribution is 2.37. The van der Waals surface area contributed by atoms with E-state index in [0.29, 0.717) is 5.91 Å². The van der Waals surface area contributed by atoms with Gasteiger partial charge in [0, 0.05) is 19.1 Å². The van der Waals surface area contributed by atoms with Crippen LogP contribution < -0.4 is 5.32 Å². The zero-order valence-corrected chi connectivity index (χ0v) is 13.0. The van der Waals surface area contributed by atoms with Gasteiger partial charge in [-0.25, -0.2) is 0 Å². The molecule has 1 aliphatic heterocycles. The van der Waals surface area contributed by atoms with Gasteiger partial charge in [-0.3, -0.25) is 10.1 Å². The second-order valence-corrected chi connectivity index (χ2v) is 6.95. The summed E-state index contributed by atoms with van der Waals surface area (Å²) in [6.45, 7) is 4.12. The van der Waals surface area contributed by atoms with Crippen LogP contribution >= 0.6 is 0 Å². The minimum absolute atomic E-state index is 0.196. The predicted octanol–water partition coefficient (Wildman–Crippen LogP) is 1.95. The molecule has 114 valence electrons. The lowest BCUT2D eigenvalue weighted by molar-refractivity contribution is -0.133. The Bertz CT molecular complexity index is 361. The molecule has 1 atom stereocenters. The highest BCUT2D eigenvalue weighted by atomic mass is 16.2. The minimum Gasteiger partial charge on any atom is -0.324 e. The largest absolute Gasteiger partial charge is 0.324 e. The maximum atomic E-state index is 12.9. The SMILES string of the molecule is CCCC1NC2(CCCC2)C(=O)N1CCN(C)C1CC1. The van der Waals surface area contributed by atoms with E-state index in [2.05, 4.69) is 29.1 Å². The molecule has 20 heavy (non-hydrogen) atoms. The number of hydrogen-bond acceptors (Lipinski definition) is 3. The Balaban J connectivity index is 1.64. The first-order chi connectivity index (χ1) is 9.66. The average molecular weight is 279 g/mol. The summed E-state index contributed by atoms with van der Waals surface area (Å²) in [5, 5.41) is 3.69. The van der Waals surface area contributed by atoms with Crippen LogP contribution in [0.25, 0.3) is 0 Å². The van der Waals surface area contributed by atoms with E-state index in [9.17, 15) is 4.79 Å². The summed E-state index contributed by atoms with van der Waals surface area (Å²) in [4.78, 5) is 17.4. The highest BCUT2D eigenvalue weighted by Gasteiger charge is 2.51. The summed E-state index contributed by atoms with van der Waals surface area (Å²) < 4.78 is 0. The Hall–Kier alpha value is -0.610. The first kappa shape index (κ1) is 14.3. The molecule has 4 heteroatoms. The number of amides is 1. The van der Waals surface area contributed by atoms with Crippen molar-refractivity contribution in [2.45, 2.75) is 76.0 Å². The number of rotatable bonds is 6. The van der Waals surface area contributed by atoms with E-state index in [1.165, 1.54) is 25.7 Å². The topological polar surface area (TPSA) is 35.6 Å². The lowest BCUT2D eigenvalue weighted by Gasteiger charge is -2.26. The molecule has 4 nitrogen and oxygen atoms in total. The molecule has 2 aliphatic carbocycles. The van der Waals surface area contributed by atoms with E-state index in [4.69, 9.17) is 0 Å². The smallest absolute Gasteiger partial charge is 0.244 e. The third-order valence-corrected chi connectivity index (χ3v) is 5.37. The van der Waals surface area contributed by atoms with Crippen LogP contribution in [-0.2, 0) is 4.79 Å². The Labute approximate surface area is 122 Å². The van der Waals surface area contributed by atoms with Gasteiger partial charge in [-0.2, -0.15) is 0 Å². The molecule has 1 spiro atoms. The van der Waals surface area contributed by atoms with Crippen molar-refractivity contribution >= 4 is 5.91 Å². The van der Waals surface area contributed by atoms with Crippen LogP contribution in [0.1, 0.15) is 58.3 Å². The van der Waals surface area contributed by atoms with Crippen LogP contribution in [0.5, 0.6) is 0 Å². The van der Waals surface area contributed by atoms with Gasteiger partial charge < -0.3 is 9.80 Å². The fraction of sp³-hybridized carbons (Fsp3) is 0.938. The number of nitrogens with zero attached hydrogens (tertiary/aromatic N) is 2. The van der Waals surface area contributed by atoms with E-state index in [1.807, 2.05) is 0 Å². The van der Waals surface area contributed by atoms with Crippen LogP contribution in [0.4, 0.5) is 0 Å². The highest BCUT2D eigenvalue weighted by molar-refractivity contribution is 5.89. The monoisotopic (exact) mass is 279 g/mol. The molecular weight excluding hydrogens is 250 g/mol. The van der Waals surface area contributed by atoms with E-state index in [1.54, 1.807) is 0 Å². The van der Waals surface area contributed by atoms with Crippen LogP contribution in [0.2, 0.25) is 0 Å². The van der Waals surface area contributed by atoms with Gasteiger partial charge >= 0.3 is 0 Å². The molecular formula is C16H29N3O. The molecule has 1 saturated heterocycles. The normalized spacial score (nSPS) is 29.1. The summed E-state index contributed by atoms with van der Waals surface area (Å²) >= 11 is 0. The first-order valence-electron chi connectivity index (χ1n) is 8.45. The summed E-state index contributed by atoms with van der Waals surface area (Å²) in [7, 11) is 2.20. The fourth-order valence-corrected chi connectivity index (χ4v) is 3.93. The molecule has 0 aromatic heterocycles. The number of carbonyl (C=O) groups excluding carboxylic acids is 1. The number of hydrogen-bond donors (Lipinski definition) is 1. The van der Waals surface area contributed by atoms with Crippen molar-refractivity contribution in [2.24, 2.45) is 0 Å². The van der Waals surface area contributed by atoms with Gasteiger partial charge in [-0.05, 0) is 39.2 Å². The van der Waals surface area contributed by atoms with Gasteiger partial charge in [0.1, 0.15) is 0 Å². The number of nitrogens with one attached hydrogen (secondary N) is 1. The summed E-state index contributed by atoms with van der Waals surface area (Å²) in [5.74, 6) is 0.387. The Morgan fingerprint density at radius 1 is 1.35 bits per heavy atom. The van der Waals surface area contributed by atoms with Crippen molar-refractivity contribution in [1.82, 2.24) is 15.1 Å². The van der Waals surface area contributed by atoms with Crippen molar-refractivity contribution < 1.29 is 4.79 Å². The van der Waals surface area contributed by atoms with E-state index < -0.39 is 0 Å². The standard InChI is InChI=1S/C16H29N3O/c1-3-6-14-17-16(9-4-5-10-16)15(20)19(14)12-11-18(2)13-7-8-13/h13-14,17H,3-12H2,1-2H3. The van der Waals surface area contributed by atoms with Crippen LogP contribution in [0, 0.1) is 0 Å². The molecule has 1 amide bonds. The molecule has 0 radical (unpaired) electrons. The Morgan fingerprint density at radius 2 is 2.05 bits per heavy atom. The second kappa shape index (κ2) is 5.64. The molecule has 1 N–H and O–H groups in total. The Morgan fingerprint density at radius 3 is 2.65 bits per heavy atom. The molecule has 3 rings (SSSR count). The fourth-order valence-electron chi connectivity index (χ4n) is 3.93. The third-order valence-electron chi connectivity index (χ3n) is 5.37. The minimum atomic E-state index is -0.196. The van der Waals surface area contributed by atoms with Gasteiger partial charge in [-0.15, -0.1) is 0 Å². The maximum absolute atomic E-state index is 12.9. The van der Waals surface area contributed by atoms with Gasteiger partial charge in [0.15, 0.2) is 0 Å². The molecule has 2 saturated carbocycles. The molecule has 3 aliphatic rings. The van der Waals surface area contributed by atoms with Crippen LogP contribution in [-0.4, -0.2) is 53.6 Å². The van der Waals surface area contributed by atoms with Crippen LogP contribution in [0.15, 0.2) is 0 Å². The molecule has 3 fully saturated rings. The van der Waals surface area contributed by atoms with E-state index >= 15 is 0 Å². The zero-order chi connectivity index (χ0) is 14.2. The second-order valence-electron chi connectivity index (χ2n) is 6.95. The van der Waals surface area contributed by atoms with Crippen molar-refractivity contribution in [2.75, 3.05) is 20.1 Å². The molecule has 0 bridgehead atoms. The Kier molecular flexibility index (Phi) is 4.04. The number of carbonyl (C=O) groups is 1.